The van der Waals surface area contributed by atoms with Gasteiger partial charge < -0.3 is 15.5 Å². The number of rotatable bonds is 6. The van der Waals surface area contributed by atoms with Crippen LogP contribution >= 0.6 is 0 Å². The fourth-order valence-electron chi connectivity index (χ4n) is 2.10. The van der Waals surface area contributed by atoms with Gasteiger partial charge in [-0.2, -0.15) is 5.26 Å². The second kappa shape index (κ2) is 8.35. The van der Waals surface area contributed by atoms with Gasteiger partial charge >= 0.3 is 0 Å². The van der Waals surface area contributed by atoms with Crippen molar-refractivity contribution in [2.24, 2.45) is 5.14 Å². The zero-order chi connectivity index (χ0) is 20.0. The van der Waals surface area contributed by atoms with Gasteiger partial charge in [-0.25, -0.2) is 13.6 Å². The minimum absolute atomic E-state index is 0.0704. The third-order valence-corrected chi connectivity index (χ3v) is 4.48. The van der Waals surface area contributed by atoms with Crippen LogP contribution in [-0.2, 0) is 14.8 Å². The summed E-state index contributed by atoms with van der Waals surface area (Å²) >= 11 is 0. The fraction of sp³-hybridized carbons (Fsp3) is 0.111. The number of carbonyl (C=O) groups excluding carboxylic acids is 1. The van der Waals surface area contributed by atoms with Crippen LogP contribution in [-0.4, -0.2) is 28.4 Å². The lowest BCUT2D eigenvalue weighted by molar-refractivity contribution is -0.112. The Hall–Kier alpha value is -3.35. The van der Waals surface area contributed by atoms with E-state index in [1.165, 1.54) is 30.5 Å². The van der Waals surface area contributed by atoms with Gasteiger partial charge in [0.1, 0.15) is 11.6 Å². The zero-order valence-electron chi connectivity index (χ0n) is 14.8. The van der Waals surface area contributed by atoms with Crippen molar-refractivity contribution in [1.29, 1.82) is 5.26 Å². The Morgan fingerprint density at radius 3 is 2.37 bits per heavy atom. The average molecular weight is 385 g/mol. The van der Waals surface area contributed by atoms with Crippen LogP contribution in [0, 0.1) is 11.3 Å². The summed E-state index contributed by atoms with van der Waals surface area (Å²) in [5.41, 5.74) is 1.88. The van der Waals surface area contributed by atoms with E-state index in [-0.39, 0.29) is 10.5 Å². The van der Waals surface area contributed by atoms with Crippen LogP contribution in [0.5, 0.6) is 0 Å². The molecule has 2 aromatic rings. The number of hydrogen-bond donors (Lipinski definition) is 3. The SMILES string of the molecule is CN(C)c1cccc(N/C=C(/C#N)C(=O)Nc2ccc(S(N)(=O)=O)cc2)c1. The molecule has 0 aliphatic heterocycles. The van der Waals surface area contributed by atoms with Crippen molar-refractivity contribution in [3.8, 4) is 6.07 Å². The highest BCUT2D eigenvalue weighted by Gasteiger charge is 2.11. The number of benzene rings is 2. The van der Waals surface area contributed by atoms with Crippen molar-refractivity contribution >= 4 is 33.0 Å². The summed E-state index contributed by atoms with van der Waals surface area (Å²) in [5, 5.41) is 19.7. The van der Waals surface area contributed by atoms with E-state index in [0.717, 1.165) is 11.4 Å². The highest BCUT2D eigenvalue weighted by atomic mass is 32.2. The minimum atomic E-state index is -3.81. The lowest BCUT2D eigenvalue weighted by Gasteiger charge is -2.13. The Morgan fingerprint density at radius 1 is 1.15 bits per heavy atom. The largest absolute Gasteiger partial charge is 0.378 e. The normalized spacial score (nSPS) is 11.4. The predicted molar refractivity (Wildman–Crippen MR) is 105 cm³/mol. The first-order chi connectivity index (χ1) is 12.7. The maximum absolute atomic E-state index is 12.2. The Bertz CT molecular complexity index is 1010. The Balaban J connectivity index is 2.10. The zero-order valence-corrected chi connectivity index (χ0v) is 15.6. The smallest absolute Gasteiger partial charge is 0.267 e. The molecule has 0 fully saturated rings. The highest BCUT2D eigenvalue weighted by Crippen LogP contribution is 2.18. The number of sulfonamides is 1. The van der Waals surface area contributed by atoms with Crippen LogP contribution in [0.1, 0.15) is 0 Å². The van der Waals surface area contributed by atoms with Crippen LogP contribution in [0.15, 0.2) is 65.2 Å². The summed E-state index contributed by atoms with van der Waals surface area (Å²) < 4.78 is 22.5. The molecular weight excluding hydrogens is 366 g/mol. The first-order valence-electron chi connectivity index (χ1n) is 7.79. The van der Waals surface area contributed by atoms with Gasteiger partial charge in [0, 0.05) is 37.4 Å². The van der Waals surface area contributed by atoms with Gasteiger partial charge in [-0.15, -0.1) is 0 Å². The molecule has 0 saturated carbocycles. The Labute approximate surface area is 158 Å². The van der Waals surface area contributed by atoms with Crippen molar-refractivity contribution in [2.75, 3.05) is 29.6 Å². The third-order valence-electron chi connectivity index (χ3n) is 3.55. The molecule has 9 heteroatoms. The second-order valence-electron chi connectivity index (χ2n) is 5.78. The number of hydrogen-bond acceptors (Lipinski definition) is 6. The summed E-state index contributed by atoms with van der Waals surface area (Å²) in [6.45, 7) is 0. The number of amides is 1. The van der Waals surface area contributed by atoms with E-state index in [1.54, 1.807) is 0 Å². The van der Waals surface area contributed by atoms with E-state index in [4.69, 9.17) is 5.14 Å². The molecule has 0 aliphatic carbocycles. The van der Waals surface area contributed by atoms with Gasteiger partial charge in [-0.05, 0) is 42.5 Å². The topological polar surface area (TPSA) is 128 Å². The molecule has 0 aromatic heterocycles. The molecule has 0 heterocycles. The quantitative estimate of drug-likeness (QED) is 0.514. The molecule has 0 saturated heterocycles. The highest BCUT2D eigenvalue weighted by molar-refractivity contribution is 7.89. The predicted octanol–water partition coefficient (Wildman–Crippen LogP) is 1.86. The van der Waals surface area contributed by atoms with Gasteiger partial charge in [0.15, 0.2) is 0 Å². The number of nitrogens with one attached hydrogen (secondary N) is 2. The van der Waals surface area contributed by atoms with Crippen molar-refractivity contribution in [3.05, 3.63) is 60.3 Å². The maximum atomic E-state index is 12.2. The van der Waals surface area contributed by atoms with Crippen LogP contribution in [0.25, 0.3) is 0 Å². The Kier molecular flexibility index (Phi) is 6.18. The molecule has 140 valence electrons. The minimum Gasteiger partial charge on any atom is -0.378 e. The molecular formula is C18H19N5O3S. The Morgan fingerprint density at radius 2 is 1.81 bits per heavy atom. The van der Waals surface area contributed by atoms with E-state index in [9.17, 15) is 18.5 Å². The van der Waals surface area contributed by atoms with Crippen molar-refractivity contribution in [3.63, 3.8) is 0 Å². The van der Waals surface area contributed by atoms with Crippen molar-refractivity contribution in [1.82, 2.24) is 0 Å². The first-order valence-corrected chi connectivity index (χ1v) is 9.34. The van der Waals surface area contributed by atoms with Gasteiger partial charge in [0.2, 0.25) is 10.0 Å². The number of nitrogens with zero attached hydrogens (tertiary/aromatic N) is 2. The number of nitriles is 1. The van der Waals surface area contributed by atoms with Crippen molar-refractivity contribution < 1.29 is 13.2 Å². The summed E-state index contributed by atoms with van der Waals surface area (Å²) in [7, 11) is 0.00614. The monoisotopic (exact) mass is 385 g/mol. The van der Waals surface area contributed by atoms with Crippen LogP contribution in [0.4, 0.5) is 17.1 Å². The summed E-state index contributed by atoms with van der Waals surface area (Å²) in [4.78, 5) is 14.1. The molecule has 0 radical (unpaired) electrons. The standard InChI is InChI=1S/C18H19N5O3S/c1-23(2)16-5-3-4-15(10-16)21-12-13(11-19)18(24)22-14-6-8-17(9-7-14)27(20,25)26/h3-10,12,21H,1-2H3,(H,22,24)(H2,20,25,26)/b13-12-. The number of primary sulfonamides is 1. The summed E-state index contributed by atoms with van der Waals surface area (Å²) in [6.07, 6.45) is 1.31. The number of anilines is 3. The van der Waals surface area contributed by atoms with Crippen LogP contribution < -0.4 is 20.7 Å². The van der Waals surface area contributed by atoms with E-state index in [0.29, 0.717) is 5.69 Å². The van der Waals surface area contributed by atoms with Crippen LogP contribution in [0.2, 0.25) is 0 Å². The average Bonchev–Trinajstić information content (AvgIpc) is 2.62. The van der Waals surface area contributed by atoms with E-state index in [1.807, 2.05) is 49.3 Å². The van der Waals surface area contributed by atoms with Gasteiger partial charge in [0.25, 0.3) is 5.91 Å². The molecule has 2 rings (SSSR count). The lowest BCUT2D eigenvalue weighted by atomic mass is 10.2. The molecule has 0 aliphatic rings. The van der Waals surface area contributed by atoms with Gasteiger partial charge in [-0.1, -0.05) is 6.07 Å². The van der Waals surface area contributed by atoms with Gasteiger partial charge in [-0.3, -0.25) is 4.79 Å². The number of carbonyl (C=O) groups is 1. The summed E-state index contributed by atoms with van der Waals surface area (Å²) in [5.74, 6) is -0.628. The van der Waals surface area contributed by atoms with E-state index >= 15 is 0 Å². The molecule has 0 spiro atoms. The molecule has 0 bridgehead atoms. The molecule has 2 aromatic carbocycles. The summed E-state index contributed by atoms with van der Waals surface area (Å²) in [6, 6.07) is 14.6. The molecule has 0 atom stereocenters. The first kappa shape index (κ1) is 20.0. The molecule has 0 unspecified atom stereocenters. The van der Waals surface area contributed by atoms with E-state index in [2.05, 4.69) is 10.6 Å². The molecule has 8 nitrogen and oxygen atoms in total. The van der Waals surface area contributed by atoms with Crippen LogP contribution in [0.3, 0.4) is 0 Å². The second-order valence-corrected chi connectivity index (χ2v) is 7.34. The van der Waals surface area contributed by atoms with E-state index < -0.39 is 15.9 Å². The van der Waals surface area contributed by atoms with Crippen molar-refractivity contribution in [2.45, 2.75) is 4.90 Å². The lowest BCUT2D eigenvalue weighted by Crippen LogP contribution is -2.15. The van der Waals surface area contributed by atoms with Gasteiger partial charge in [0.05, 0.1) is 4.90 Å². The third kappa shape index (κ3) is 5.57. The number of nitrogens with two attached hydrogens (primary N) is 1. The fourth-order valence-corrected chi connectivity index (χ4v) is 2.62. The molecule has 27 heavy (non-hydrogen) atoms. The molecule has 1 amide bonds. The molecule has 4 N–H and O–H groups in total. The maximum Gasteiger partial charge on any atom is 0.267 e.